The Balaban J connectivity index is 1.54. The fourth-order valence-electron chi connectivity index (χ4n) is 3.25. The number of nitrogens with one attached hydrogen (secondary N) is 1. The van der Waals surface area contributed by atoms with Crippen LogP contribution < -0.4 is 19.3 Å². The zero-order valence-corrected chi connectivity index (χ0v) is 19.2. The maximum Gasteiger partial charge on any atom is 0.265 e. The van der Waals surface area contributed by atoms with Crippen molar-refractivity contribution in [3.05, 3.63) is 48.5 Å². The van der Waals surface area contributed by atoms with E-state index in [4.69, 9.17) is 4.74 Å². The molecule has 168 valence electrons. The van der Waals surface area contributed by atoms with E-state index in [1.54, 1.807) is 31.2 Å². The van der Waals surface area contributed by atoms with Gasteiger partial charge in [0.15, 0.2) is 6.10 Å². The van der Waals surface area contributed by atoms with Crippen molar-refractivity contribution in [2.45, 2.75) is 13.0 Å². The van der Waals surface area contributed by atoms with Gasteiger partial charge in [-0.25, -0.2) is 8.42 Å². The molecule has 1 heterocycles. The van der Waals surface area contributed by atoms with Crippen molar-refractivity contribution >= 4 is 33.0 Å². The number of ether oxygens (including phenoxy) is 1. The Kier molecular flexibility index (Phi) is 7.07. The van der Waals surface area contributed by atoms with Gasteiger partial charge in [-0.1, -0.05) is 0 Å². The summed E-state index contributed by atoms with van der Waals surface area (Å²) in [6, 6.07) is 14.4. The minimum Gasteiger partial charge on any atom is -0.481 e. The zero-order valence-electron chi connectivity index (χ0n) is 18.4. The van der Waals surface area contributed by atoms with Gasteiger partial charge in [0.25, 0.3) is 5.91 Å². The fourth-order valence-corrected chi connectivity index (χ4v) is 3.75. The van der Waals surface area contributed by atoms with E-state index in [-0.39, 0.29) is 5.91 Å². The van der Waals surface area contributed by atoms with Crippen molar-refractivity contribution in [2.75, 3.05) is 61.1 Å². The van der Waals surface area contributed by atoms with Crippen LogP contribution in [0.15, 0.2) is 48.5 Å². The molecule has 0 saturated carbocycles. The van der Waals surface area contributed by atoms with Gasteiger partial charge in [-0.2, -0.15) is 0 Å². The highest BCUT2D eigenvalue weighted by Crippen LogP contribution is 2.22. The smallest absolute Gasteiger partial charge is 0.265 e. The molecule has 0 aliphatic carbocycles. The van der Waals surface area contributed by atoms with Crippen molar-refractivity contribution in [2.24, 2.45) is 0 Å². The first-order chi connectivity index (χ1) is 14.6. The summed E-state index contributed by atoms with van der Waals surface area (Å²) >= 11 is 0. The Morgan fingerprint density at radius 3 is 2.16 bits per heavy atom. The van der Waals surface area contributed by atoms with E-state index in [1.165, 1.54) is 11.4 Å². The molecule has 1 atom stereocenters. The molecular weight excluding hydrogens is 416 g/mol. The normalized spacial score (nSPS) is 15.9. The topological polar surface area (TPSA) is 82.2 Å². The van der Waals surface area contributed by atoms with Gasteiger partial charge in [0, 0.05) is 44.6 Å². The summed E-state index contributed by atoms with van der Waals surface area (Å²) in [5.41, 5.74) is 2.38. The van der Waals surface area contributed by atoms with Crippen LogP contribution in [-0.2, 0) is 14.8 Å². The lowest BCUT2D eigenvalue weighted by molar-refractivity contribution is -0.122. The Morgan fingerprint density at radius 1 is 1.03 bits per heavy atom. The number of hydrogen-bond donors (Lipinski definition) is 1. The van der Waals surface area contributed by atoms with Gasteiger partial charge in [0.2, 0.25) is 10.0 Å². The maximum absolute atomic E-state index is 12.5. The predicted molar refractivity (Wildman–Crippen MR) is 125 cm³/mol. The zero-order chi connectivity index (χ0) is 22.6. The van der Waals surface area contributed by atoms with Gasteiger partial charge in [0.1, 0.15) is 5.75 Å². The molecule has 0 bridgehead atoms. The van der Waals surface area contributed by atoms with Crippen molar-refractivity contribution in [1.29, 1.82) is 0 Å². The van der Waals surface area contributed by atoms with Crippen LogP contribution >= 0.6 is 0 Å². The molecule has 31 heavy (non-hydrogen) atoms. The molecule has 1 amide bonds. The minimum absolute atomic E-state index is 0.260. The van der Waals surface area contributed by atoms with Crippen LogP contribution in [-0.4, -0.2) is 71.9 Å². The molecule has 1 aliphatic rings. The predicted octanol–water partition coefficient (Wildman–Crippen LogP) is 2.24. The second-order valence-corrected chi connectivity index (χ2v) is 9.82. The molecule has 8 nitrogen and oxygen atoms in total. The molecule has 1 aliphatic heterocycles. The molecule has 0 radical (unpaired) electrons. The van der Waals surface area contributed by atoms with Crippen LogP contribution in [0.2, 0.25) is 0 Å². The average Bonchev–Trinajstić information content (AvgIpc) is 2.74. The summed E-state index contributed by atoms with van der Waals surface area (Å²) in [6.07, 6.45) is 0.428. The molecule has 2 aromatic carbocycles. The molecule has 3 rings (SSSR count). The van der Waals surface area contributed by atoms with Gasteiger partial charge in [-0.3, -0.25) is 9.10 Å². The van der Waals surface area contributed by atoms with Gasteiger partial charge in [0.05, 0.1) is 11.9 Å². The van der Waals surface area contributed by atoms with Gasteiger partial charge < -0.3 is 19.9 Å². The first kappa shape index (κ1) is 22.9. The van der Waals surface area contributed by atoms with Crippen molar-refractivity contribution < 1.29 is 17.9 Å². The lowest BCUT2D eigenvalue weighted by atomic mass is 10.2. The van der Waals surface area contributed by atoms with Crippen LogP contribution in [0.4, 0.5) is 17.1 Å². The molecule has 0 unspecified atom stereocenters. The van der Waals surface area contributed by atoms with Crippen molar-refractivity contribution in [3.63, 3.8) is 0 Å². The first-order valence-corrected chi connectivity index (χ1v) is 12.0. The summed E-state index contributed by atoms with van der Waals surface area (Å²) in [5, 5.41) is 2.87. The Morgan fingerprint density at radius 2 is 1.61 bits per heavy atom. The minimum atomic E-state index is -3.33. The van der Waals surface area contributed by atoms with Crippen molar-refractivity contribution in [1.82, 2.24) is 4.90 Å². The van der Waals surface area contributed by atoms with Crippen LogP contribution in [0.1, 0.15) is 6.92 Å². The molecule has 1 N–H and O–H groups in total. The third kappa shape index (κ3) is 6.11. The van der Waals surface area contributed by atoms with Gasteiger partial charge in [-0.15, -0.1) is 0 Å². The van der Waals surface area contributed by atoms with E-state index >= 15 is 0 Å². The second kappa shape index (κ2) is 9.57. The lowest BCUT2D eigenvalue weighted by Gasteiger charge is -2.34. The number of carbonyl (C=O) groups excluding carboxylic acids is 1. The number of amides is 1. The van der Waals surface area contributed by atoms with Gasteiger partial charge >= 0.3 is 0 Å². The van der Waals surface area contributed by atoms with Crippen LogP contribution in [0.25, 0.3) is 0 Å². The summed E-state index contributed by atoms with van der Waals surface area (Å²) in [5.74, 6) is 0.225. The number of sulfonamides is 1. The number of carbonyl (C=O) groups is 1. The number of benzene rings is 2. The Labute approximate surface area is 184 Å². The SMILES string of the molecule is C[C@H](Oc1ccc(N(C)S(C)(=O)=O)cc1)C(=O)Nc1ccc(N2CCN(C)CC2)cc1. The monoisotopic (exact) mass is 446 g/mol. The Hall–Kier alpha value is -2.78. The van der Waals surface area contributed by atoms with E-state index in [0.29, 0.717) is 17.1 Å². The highest BCUT2D eigenvalue weighted by molar-refractivity contribution is 7.92. The number of rotatable bonds is 7. The van der Waals surface area contributed by atoms with Crippen LogP contribution in [0.5, 0.6) is 5.75 Å². The van der Waals surface area contributed by atoms with Gasteiger partial charge in [-0.05, 0) is 62.5 Å². The largest absolute Gasteiger partial charge is 0.481 e. The van der Waals surface area contributed by atoms with E-state index in [9.17, 15) is 13.2 Å². The standard InChI is InChI=1S/C22H30N4O4S/c1-17(30-21-11-9-19(10-12-21)25(3)31(4,28)29)22(27)23-18-5-7-20(8-6-18)26-15-13-24(2)14-16-26/h5-12,17H,13-16H2,1-4H3,(H,23,27)/t17-/m0/s1. The molecule has 0 aromatic heterocycles. The number of piperazine rings is 1. The van der Waals surface area contributed by atoms with Crippen LogP contribution in [0.3, 0.4) is 0 Å². The second-order valence-electron chi connectivity index (χ2n) is 7.81. The Bertz CT molecular complexity index is 985. The maximum atomic E-state index is 12.5. The number of hydrogen-bond acceptors (Lipinski definition) is 6. The van der Waals surface area contributed by atoms with Crippen LogP contribution in [0, 0.1) is 0 Å². The lowest BCUT2D eigenvalue weighted by Crippen LogP contribution is -2.44. The van der Waals surface area contributed by atoms with E-state index in [2.05, 4.69) is 22.2 Å². The van der Waals surface area contributed by atoms with Crippen molar-refractivity contribution in [3.8, 4) is 5.75 Å². The third-order valence-corrected chi connectivity index (χ3v) is 6.59. The summed E-state index contributed by atoms with van der Waals surface area (Å²) in [7, 11) is 0.280. The molecule has 9 heteroatoms. The molecule has 2 aromatic rings. The fraction of sp³-hybridized carbons (Fsp3) is 0.409. The summed E-state index contributed by atoms with van der Waals surface area (Å²) < 4.78 is 30.1. The highest BCUT2D eigenvalue weighted by Gasteiger charge is 2.17. The van der Waals surface area contributed by atoms with E-state index < -0.39 is 16.1 Å². The first-order valence-electron chi connectivity index (χ1n) is 10.2. The number of likely N-dealkylation sites (N-methyl/N-ethyl adjacent to an activating group) is 1. The molecular formula is C22H30N4O4S. The number of nitrogens with zero attached hydrogens (tertiary/aromatic N) is 3. The summed E-state index contributed by atoms with van der Waals surface area (Å²) in [6.45, 7) is 5.74. The summed E-state index contributed by atoms with van der Waals surface area (Å²) in [4.78, 5) is 17.2. The highest BCUT2D eigenvalue weighted by atomic mass is 32.2. The third-order valence-electron chi connectivity index (χ3n) is 5.38. The molecule has 0 spiro atoms. The van der Waals surface area contributed by atoms with E-state index in [0.717, 1.165) is 38.1 Å². The number of anilines is 3. The molecule has 1 saturated heterocycles. The quantitative estimate of drug-likeness (QED) is 0.703. The average molecular weight is 447 g/mol. The van der Waals surface area contributed by atoms with E-state index in [1.807, 2.05) is 24.3 Å². The molecule has 1 fully saturated rings.